The van der Waals surface area contributed by atoms with Gasteiger partial charge in [0.15, 0.2) is 0 Å². The second-order valence-corrected chi connectivity index (χ2v) is 13.0. The lowest BCUT2D eigenvalue weighted by Crippen LogP contribution is -2.28. The van der Waals surface area contributed by atoms with Gasteiger partial charge in [-0.25, -0.2) is 4.39 Å². The average molecular weight is 518 g/mol. The molecular formula is C34H44FNS. The van der Waals surface area contributed by atoms with Crippen LogP contribution in [0.4, 0.5) is 4.39 Å². The standard InChI is InChI=1S/C34H44FNS/c1-22(2)32(18-26-14-27(16-29(35)15-26)20-33(6,7)8)31-10-11-34(9,19-24(31)4)25(5)36-21-28-12-23(3)13-30(37)17-28/h10,12-17,19,36-37H,5,11,18,20-21H2,1-4,6-9H3. The number of allylic oxidation sites excluding steroid dienone is 6. The van der Waals surface area contributed by atoms with Crippen molar-refractivity contribution in [2.24, 2.45) is 10.8 Å². The third-order valence-electron chi connectivity index (χ3n) is 7.07. The third-order valence-corrected chi connectivity index (χ3v) is 7.33. The minimum Gasteiger partial charge on any atom is -0.384 e. The topological polar surface area (TPSA) is 12.0 Å². The Labute approximate surface area is 230 Å². The lowest BCUT2D eigenvalue weighted by atomic mass is 9.74. The summed E-state index contributed by atoms with van der Waals surface area (Å²) in [5.41, 5.74) is 10.5. The Morgan fingerprint density at radius 2 is 1.70 bits per heavy atom. The monoisotopic (exact) mass is 517 g/mol. The first kappa shape index (κ1) is 29.0. The van der Waals surface area contributed by atoms with Gasteiger partial charge in [-0.05, 0) is 116 Å². The highest BCUT2D eigenvalue weighted by Gasteiger charge is 2.29. The van der Waals surface area contributed by atoms with Crippen molar-refractivity contribution in [3.8, 4) is 0 Å². The molecule has 0 saturated heterocycles. The summed E-state index contributed by atoms with van der Waals surface area (Å²) >= 11 is 4.52. The number of rotatable bonds is 8. The summed E-state index contributed by atoms with van der Waals surface area (Å²) in [6, 6.07) is 11.9. The molecule has 0 saturated carbocycles. The number of hydrogen-bond donors (Lipinski definition) is 2. The van der Waals surface area contributed by atoms with Crippen LogP contribution in [0.25, 0.3) is 0 Å². The molecule has 0 aliphatic heterocycles. The lowest BCUT2D eigenvalue weighted by Gasteiger charge is -2.34. The molecule has 1 nitrogen and oxygen atoms in total. The average Bonchev–Trinajstić information content (AvgIpc) is 2.74. The van der Waals surface area contributed by atoms with Crippen LogP contribution >= 0.6 is 12.6 Å². The van der Waals surface area contributed by atoms with Gasteiger partial charge in [0, 0.05) is 22.6 Å². The summed E-state index contributed by atoms with van der Waals surface area (Å²) in [4.78, 5) is 0.979. The van der Waals surface area contributed by atoms with Gasteiger partial charge in [-0.1, -0.05) is 64.1 Å². The van der Waals surface area contributed by atoms with E-state index in [2.05, 4.69) is 116 Å². The minimum atomic E-state index is -0.174. The van der Waals surface area contributed by atoms with E-state index in [1.54, 1.807) is 12.1 Å². The molecule has 0 bridgehead atoms. The molecule has 2 aromatic carbocycles. The Morgan fingerprint density at radius 1 is 1.03 bits per heavy atom. The molecular weight excluding hydrogens is 473 g/mol. The quantitative estimate of drug-likeness (QED) is 0.332. The van der Waals surface area contributed by atoms with Crippen LogP contribution in [0.2, 0.25) is 0 Å². The second kappa shape index (κ2) is 11.5. The van der Waals surface area contributed by atoms with E-state index < -0.39 is 0 Å². The third kappa shape index (κ3) is 7.98. The maximum atomic E-state index is 14.5. The molecule has 1 N–H and O–H groups in total. The zero-order valence-corrected chi connectivity index (χ0v) is 24.9. The summed E-state index contributed by atoms with van der Waals surface area (Å²) in [5.74, 6) is -0.150. The van der Waals surface area contributed by atoms with Crippen molar-refractivity contribution in [3.63, 3.8) is 0 Å². The first-order valence-corrected chi connectivity index (χ1v) is 13.7. The fourth-order valence-corrected chi connectivity index (χ4v) is 5.66. The number of nitrogens with one attached hydrogen (secondary N) is 1. The van der Waals surface area contributed by atoms with Crippen LogP contribution < -0.4 is 5.32 Å². The van der Waals surface area contributed by atoms with Gasteiger partial charge < -0.3 is 5.32 Å². The fraction of sp³-hybridized carbons (Fsp3) is 0.412. The van der Waals surface area contributed by atoms with Crippen molar-refractivity contribution in [1.82, 2.24) is 5.32 Å². The van der Waals surface area contributed by atoms with Gasteiger partial charge >= 0.3 is 0 Å². The van der Waals surface area contributed by atoms with Gasteiger partial charge in [0.1, 0.15) is 5.82 Å². The van der Waals surface area contributed by atoms with Crippen LogP contribution in [0, 0.1) is 23.6 Å². The van der Waals surface area contributed by atoms with E-state index in [4.69, 9.17) is 0 Å². The van der Waals surface area contributed by atoms with Crippen LogP contribution in [0.1, 0.15) is 77.1 Å². The molecule has 3 rings (SSSR count). The van der Waals surface area contributed by atoms with Gasteiger partial charge in [-0.3, -0.25) is 0 Å². The SMILES string of the molecule is C=C(NCc1cc(C)cc(S)c1)C1(C)C=C(C)C(C(Cc2cc(F)cc(CC(C)(C)C)c2)=C(C)C)=CC1. The van der Waals surface area contributed by atoms with Crippen LogP contribution in [0.3, 0.4) is 0 Å². The van der Waals surface area contributed by atoms with Crippen molar-refractivity contribution < 1.29 is 4.39 Å². The second-order valence-electron chi connectivity index (χ2n) is 12.4. The van der Waals surface area contributed by atoms with Crippen molar-refractivity contribution in [2.75, 3.05) is 0 Å². The van der Waals surface area contributed by atoms with Crippen LogP contribution in [0.5, 0.6) is 0 Å². The maximum Gasteiger partial charge on any atom is 0.123 e. The highest BCUT2D eigenvalue weighted by atomic mass is 32.1. The summed E-state index contributed by atoms with van der Waals surface area (Å²) < 4.78 is 14.5. The van der Waals surface area contributed by atoms with E-state index in [-0.39, 0.29) is 16.6 Å². The van der Waals surface area contributed by atoms with Crippen LogP contribution in [-0.2, 0) is 19.4 Å². The van der Waals surface area contributed by atoms with E-state index >= 15 is 0 Å². The molecule has 1 unspecified atom stereocenters. The number of benzene rings is 2. The Morgan fingerprint density at radius 3 is 2.30 bits per heavy atom. The number of thiol groups is 1. The Bertz CT molecular complexity index is 1250. The summed E-state index contributed by atoms with van der Waals surface area (Å²) in [7, 11) is 0. The zero-order chi connectivity index (χ0) is 27.5. The molecule has 1 aliphatic rings. The largest absolute Gasteiger partial charge is 0.384 e. The molecule has 0 spiro atoms. The lowest BCUT2D eigenvalue weighted by molar-refractivity contribution is 0.410. The van der Waals surface area contributed by atoms with Gasteiger partial charge in [0.25, 0.3) is 0 Å². The van der Waals surface area contributed by atoms with E-state index in [1.807, 2.05) is 0 Å². The zero-order valence-electron chi connectivity index (χ0n) is 24.0. The fourth-order valence-electron chi connectivity index (χ4n) is 5.29. The van der Waals surface area contributed by atoms with E-state index in [1.165, 1.54) is 33.4 Å². The molecule has 2 aromatic rings. The molecule has 0 fully saturated rings. The highest BCUT2D eigenvalue weighted by Crippen LogP contribution is 2.41. The number of aryl methyl sites for hydroxylation is 1. The molecule has 3 heteroatoms. The maximum absolute atomic E-state index is 14.5. The Hall–Kier alpha value is -2.52. The molecule has 1 atom stereocenters. The van der Waals surface area contributed by atoms with Gasteiger partial charge in [-0.15, -0.1) is 12.6 Å². The molecule has 0 heterocycles. The molecule has 1 aliphatic carbocycles. The first-order chi connectivity index (χ1) is 17.1. The molecule has 0 amide bonds. The van der Waals surface area contributed by atoms with E-state index in [0.717, 1.165) is 47.5 Å². The van der Waals surface area contributed by atoms with Crippen LogP contribution in [-0.4, -0.2) is 0 Å². The van der Waals surface area contributed by atoms with Gasteiger partial charge in [0.05, 0.1) is 0 Å². The van der Waals surface area contributed by atoms with Crippen LogP contribution in [0.15, 0.2) is 88.0 Å². The first-order valence-electron chi connectivity index (χ1n) is 13.2. The van der Waals surface area contributed by atoms with E-state index in [9.17, 15) is 4.39 Å². The van der Waals surface area contributed by atoms with Crippen molar-refractivity contribution in [1.29, 1.82) is 0 Å². The van der Waals surface area contributed by atoms with Crippen molar-refractivity contribution in [2.45, 2.75) is 86.1 Å². The predicted molar refractivity (Wildman–Crippen MR) is 161 cm³/mol. The number of halogens is 1. The summed E-state index contributed by atoms with van der Waals surface area (Å²) in [6.45, 7) is 22.5. The summed E-state index contributed by atoms with van der Waals surface area (Å²) in [6.07, 6.45) is 7.14. The van der Waals surface area contributed by atoms with E-state index in [0.29, 0.717) is 0 Å². The van der Waals surface area contributed by atoms with Gasteiger partial charge in [0.2, 0.25) is 0 Å². The predicted octanol–water partition coefficient (Wildman–Crippen LogP) is 9.48. The molecule has 198 valence electrons. The smallest absolute Gasteiger partial charge is 0.123 e. The Kier molecular flexibility index (Phi) is 9.01. The molecule has 0 radical (unpaired) electrons. The van der Waals surface area contributed by atoms with Crippen molar-refractivity contribution >= 4 is 12.6 Å². The minimum absolute atomic E-state index is 0.116. The molecule has 0 aromatic heterocycles. The Balaban J connectivity index is 1.78. The summed E-state index contributed by atoms with van der Waals surface area (Å²) in [5, 5.41) is 3.57. The van der Waals surface area contributed by atoms with Gasteiger partial charge in [-0.2, -0.15) is 0 Å². The normalized spacial score (nSPS) is 17.7. The highest BCUT2D eigenvalue weighted by molar-refractivity contribution is 7.80. The number of hydrogen-bond acceptors (Lipinski definition) is 2. The van der Waals surface area contributed by atoms with Crippen molar-refractivity contribution in [3.05, 3.63) is 111 Å². The molecule has 37 heavy (non-hydrogen) atoms.